The van der Waals surface area contributed by atoms with Gasteiger partial charge in [-0.3, -0.25) is 0 Å². The van der Waals surface area contributed by atoms with E-state index < -0.39 is 0 Å². The highest BCUT2D eigenvalue weighted by atomic mass is 19.1. The molecule has 0 N–H and O–H groups in total. The molecule has 0 aliphatic heterocycles. The quantitative estimate of drug-likeness (QED) is 0.641. The lowest BCUT2D eigenvalue weighted by Gasteiger charge is -2.22. The molecular formula is C16H13F. The molecule has 0 amide bonds. The highest BCUT2D eigenvalue weighted by Crippen LogP contribution is 2.40. The molecule has 3 rings (SSSR count). The normalized spacial score (nSPS) is 17.9. The van der Waals surface area contributed by atoms with Gasteiger partial charge in [0.15, 0.2) is 0 Å². The van der Waals surface area contributed by atoms with Crippen molar-refractivity contribution in [3.05, 3.63) is 66.0 Å². The van der Waals surface area contributed by atoms with Gasteiger partial charge in [0.2, 0.25) is 0 Å². The maximum Gasteiger partial charge on any atom is 0.108 e. The predicted molar refractivity (Wildman–Crippen MR) is 70.6 cm³/mol. The zero-order valence-electron chi connectivity index (χ0n) is 9.49. The minimum Gasteiger partial charge on any atom is -0.211 e. The number of hydrogen-bond donors (Lipinski definition) is 0. The standard InChI is InChI=1S/C16H13F/c1-2-5-13-14-9-4-7-11-6-3-8-12(16(11)14)10-15(13)17/h2-4,6-10,13H,1,5H2. The topological polar surface area (TPSA) is 0 Å². The molecule has 0 heterocycles. The van der Waals surface area contributed by atoms with Crippen LogP contribution in [-0.2, 0) is 0 Å². The molecule has 0 radical (unpaired) electrons. The van der Waals surface area contributed by atoms with E-state index in [0.717, 1.165) is 11.1 Å². The first kappa shape index (κ1) is 10.3. The van der Waals surface area contributed by atoms with Crippen LogP contribution in [0.2, 0.25) is 0 Å². The summed E-state index contributed by atoms with van der Waals surface area (Å²) in [6.07, 6.45) is 4.09. The van der Waals surface area contributed by atoms with Crippen LogP contribution in [0.25, 0.3) is 16.8 Å². The van der Waals surface area contributed by atoms with Crippen LogP contribution in [0.5, 0.6) is 0 Å². The van der Waals surface area contributed by atoms with Crippen LogP contribution in [0.1, 0.15) is 23.5 Å². The molecule has 17 heavy (non-hydrogen) atoms. The van der Waals surface area contributed by atoms with Crippen LogP contribution in [0.4, 0.5) is 4.39 Å². The largest absolute Gasteiger partial charge is 0.211 e. The third-order valence-electron chi connectivity index (χ3n) is 3.37. The Bertz CT molecular complexity index is 617. The molecule has 1 heteroatoms. The fourth-order valence-electron chi connectivity index (χ4n) is 2.61. The van der Waals surface area contributed by atoms with Crippen LogP contribution in [-0.4, -0.2) is 0 Å². The Hall–Kier alpha value is -1.89. The lowest BCUT2D eigenvalue weighted by Crippen LogP contribution is -2.04. The second-order valence-corrected chi connectivity index (χ2v) is 4.40. The summed E-state index contributed by atoms with van der Waals surface area (Å²) in [6, 6.07) is 12.1. The Morgan fingerprint density at radius 2 is 1.94 bits per heavy atom. The lowest BCUT2D eigenvalue weighted by molar-refractivity contribution is 0.553. The van der Waals surface area contributed by atoms with E-state index in [-0.39, 0.29) is 11.7 Å². The molecule has 0 aromatic heterocycles. The summed E-state index contributed by atoms with van der Waals surface area (Å²) < 4.78 is 14.1. The van der Waals surface area contributed by atoms with Gasteiger partial charge in [-0.25, -0.2) is 4.39 Å². The molecule has 2 aromatic carbocycles. The molecule has 1 aliphatic rings. The molecule has 1 atom stereocenters. The van der Waals surface area contributed by atoms with Crippen molar-refractivity contribution in [2.75, 3.05) is 0 Å². The summed E-state index contributed by atoms with van der Waals surface area (Å²) in [5.41, 5.74) is 2.06. The number of halogens is 1. The van der Waals surface area contributed by atoms with E-state index in [1.54, 1.807) is 12.2 Å². The van der Waals surface area contributed by atoms with Gasteiger partial charge in [-0.2, -0.15) is 0 Å². The van der Waals surface area contributed by atoms with E-state index in [1.165, 1.54) is 10.8 Å². The van der Waals surface area contributed by atoms with Crippen LogP contribution < -0.4 is 0 Å². The third-order valence-corrected chi connectivity index (χ3v) is 3.37. The molecule has 0 spiro atoms. The van der Waals surface area contributed by atoms with E-state index in [4.69, 9.17) is 0 Å². The van der Waals surface area contributed by atoms with Gasteiger partial charge in [0.05, 0.1) is 0 Å². The van der Waals surface area contributed by atoms with Crippen molar-refractivity contribution < 1.29 is 4.39 Å². The average Bonchev–Trinajstić information content (AvgIpc) is 2.34. The molecule has 0 fully saturated rings. The summed E-state index contributed by atoms with van der Waals surface area (Å²) in [4.78, 5) is 0. The van der Waals surface area contributed by atoms with Crippen LogP contribution in [0.3, 0.4) is 0 Å². The van der Waals surface area contributed by atoms with Crippen molar-refractivity contribution in [1.29, 1.82) is 0 Å². The van der Waals surface area contributed by atoms with Gasteiger partial charge in [-0.05, 0) is 34.4 Å². The number of hydrogen-bond acceptors (Lipinski definition) is 0. The van der Waals surface area contributed by atoms with Crippen molar-refractivity contribution in [3.8, 4) is 0 Å². The van der Waals surface area contributed by atoms with Crippen molar-refractivity contribution >= 4 is 16.8 Å². The highest BCUT2D eigenvalue weighted by molar-refractivity contribution is 5.96. The Morgan fingerprint density at radius 3 is 2.71 bits per heavy atom. The van der Waals surface area contributed by atoms with Crippen molar-refractivity contribution in [2.45, 2.75) is 12.3 Å². The SMILES string of the molecule is C=CCC1C(F)=Cc2cccc3cccc1c23. The maximum atomic E-state index is 14.1. The average molecular weight is 224 g/mol. The maximum absolute atomic E-state index is 14.1. The second-order valence-electron chi connectivity index (χ2n) is 4.40. The predicted octanol–water partition coefficient (Wildman–Crippen LogP) is 4.82. The molecule has 0 saturated heterocycles. The van der Waals surface area contributed by atoms with Gasteiger partial charge in [-0.15, -0.1) is 6.58 Å². The van der Waals surface area contributed by atoms with E-state index in [9.17, 15) is 4.39 Å². The van der Waals surface area contributed by atoms with Gasteiger partial charge in [-0.1, -0.05) is 42.5 Å². The smallest absolute Gasteiger partial charge is 0.108 e. The molecule has 0 nitrogen and oxygen atoms in total. The zero-order valence-corrected chi connectivity index (χ0v) is 9.49. The number of rotatable bonds is 2. The van der Waals surface area contributed by atoms with E-state index in [0.29, 0.717) is 6.42 Å². The summed E-state index contributed by atoms with van der Waals surface area (Å²) in [7, 11) is 0. The summed E-state index contributed by atoms with van der Waals surface area (Å²) >= 11 is 0. The fourth-order valence-corrected chi connectivity index (χ4v) is 2.61. The number of benzene rings is 2. The Morgan fingerprint density at radius 1 is 1.18 bits per heavy atom. The Labute approximate surface area is 100 Å². The summed E-state index contributed by atoms with van der Waals surface area (Å²) in [6.45, 7) is 3.72. The molecule has 2 aromatic rings. The van der Waals surface area contributed by atoms with E-state index >= 15 is 0 Å². The van der Waals surface area contributed by atoms with Crippen LogP contribution in [0, 0.1) is 0 Å². The van der Waals surface area contributed by atoms with Gasteiger partial charge >= 0.3 is 0 Å². The second kappa shape index (κ2) is 3.85. The summed E-state index contributed by atoms with van der Waals surface area (Å²) in [5, 5.41) is 2.36. The Balaban J connectivity index is 2.34. The van der Waals surface area contributed by atoms with Crippen LogP contribution in [0.15, 0.2) is 54.9 Å². The molecular weight excluding hydrogens is 211 g/mol. The first-order valence-corrected chi connectivity index (χ1v) is 5.81. The highest BCUT2D eigenvalue weighted by Gasteiger charge is 2.23. The molecule has 0 saturated carbocycles. The third kappa shape index (κ3) is 1.50. The van der Waals surface area contributed by atoms with E-state index in [2.05, 4.69) is 18.7 Å². The van der Waals surface area contributed by atoms with Crippen LogP contribution >= 0.6 is 0 Å². The molecule has 0 bridgehead atoms. The number of allylic oxidation sites excluding steroid dienone is 2. The zero-order chi connectivity index (χ0) is 11.8. The monoisotopic (exact) mass is 224 g/mol. The van der Waals surface area contributed by atoms with Gasteiger partial charge in [0, 0.05) is 5.92 Å². The Kier molecular flexibility index (Phi) is 2.32. The minimum atomic E-state index is -0.161. The van der Waals surface area contributed by atoms with Gasteiger partial charge in [0.1, 0.15) is 5.83 Å². The van der Waals surface area contributed by atoms with Gasteiger partial charge in [0.25, 0.3) is 0 Å². The lowest BCUT2D eigenvalue weighted by atomic mass is 9.83. The molecule has 1 unspecified atom stereocenters. The van der Waals surface area contributed by atoms with Gasteiger partial charge < -0.3 is 0 Å². The minimum absolute atomic E-state index is 0.0592. The summed E-state index contributed by atoms with van der Waals surface area (Å²) in [5.74, 6) is -0.220. The molecule has 84 valence electrons. The first-order valence-electron chi connectivity index (χ1n) is 5.81. The fraction of sp³-hybridized carbons (Fsp3) is 0.125. The first-order chi connectivity index (χ1) is 8.31. The van der Waals surface area contributed by atoms with Crippen molar-refractivity contribution in [3.63, 3.8) is 0 Å². The van der Waals surface area contributed by atoms with Crippen molar-refractivity contribution in [1.82, 2.24) is 0 Å². The molecule has 1 aliphatic carbocycles. The van der Waals surface area contributed by atoms with E-state index in [1.807, 2.05) is 24.3 Å². The van der Waals surface area contributed by atoms with Crippen molar-refractivity contribution in [2.24, 2.45) is 0 Å².